The molecule has 0 amide bonds. The number of methoxy groups -OCH3 is 1. The summed E-state index contributed by atoms with van der Waals surface area (Å²) < 4.78 is 4.67. The lowest BCUT2D eigenvalue weighted by Crippen LogP contribution is -2.29. The molecular weight excluding hydrogens is 251 g/mol. The fraction of sp³-hybridized carbons (Fsp3) is 0.400. The molecular formula is C15H17BN2O2. The van der Waals surface area contributed by atoms with Gasteiger partial charge in [0.05, 0.1) is 7.11 Å². The number of esters is 1. The second-order valence-corrected chi connectivity index (χ2v) is 5.09. The highest BCUT2D eigenvalue weighted by atomic mass is 16.5. The van der Waals surface area contributed by atoms with Crippen LogP contribution in [0.25, 0.3) is 0 Å². The lowest BCUT2D eigenvalue weighted by atomic mass is 9.51. The van der Waals surface area contributed by atoms with Gasteiger partial charge in [-0.05, 0) is 37.3 Å². The van der Waals surface area contributed by atoms with Crippen molar-refractivity contribution in [1.29, 1.82) is 5.26 Å². The topological polar surface area (TPSA) is 63.0 Å². The van der Waals surface area contributed by atoms with Gasteiger partial charge in [0.25, 0.3) is 0 Å². The highest BCUT2D eigenvalue weighted by Crippen LogP contribution is 2.30. The van der Waals surface area contributed by atoms with E-state index in [2.05, 4.69) is 15.7 Å². The summed E-state index contributed by atoms with van der Waals surface area (Å²) in [4.78, 5) is 15.7. The average molecular weight is 268 g/mol. The van der Waals surface area contributed by atoms with Gasteiger partial charge >= 0.3 is 12.7 Å². The van der Waals surface area contributed by atoms with Gasteiger partial charge in [-0.2, -0.15) is 0 Å². The number of carbonyl (C=O) groups excluding carboxylic acids is 1. The number of aryl methyl sites for hydroxylation is 1. The van der Waals surface area contributed by atoms with E-state index in [1.807, 2.05) is 31.1 Å². The van der Waals surface area contributed by atoms with Crippen LogP contribution in [0, 0.1) is 17.1 Å². The van der Waals surface area contributed by atoms with Gasteiger partial charge in [0.15, 0.2) is 0 Å². The van der Waals surface area contributed by atoms with E-state index in [9.17, 15) is 4.79 Å². The van der Waals surface area contributed by atoms with Gasteiger partial charge in [0.1, 0.15) is 0 Å². The van der Waals surface area contributed by atoms with Crippen LogP contribution in [0.15, 0.2) is 29.8 Å². The normalized spacial score (nSPS) is 16.6. The van der Waals surface area contributed by atoms with Crippen LogP contribution in [0.5, 0.6) is 0 Å². The minimum absolute atomic E-state index is 0.176. The first-order chi connectivity index (χ1) is 9.63. The third-order valence-electron chi connectivity index (χ3n) is 3.60. The van der Waals surface area contributed by atoms with Crippen LogP contribution in [-0.2, 0) is 16.0 Å². The quantitative estimate of drug-likeness (QED) is 0.600. The summed E-state index contributed by atoms with van der Waals surface area (Å²) in [5, 5.41) is 8.91. The number of nitriles is 1. The van der Waals surface area contributed by atoms with E-state index in [1.54, 1.807) is 0 Å². The van der Waals surface area contributed by atoms with Crippen molar-refractivity contribution >= 4 is 18.3 Å². The Hall–Kier alpha value is -2.09. The number of carbonyl (C=O) groups is 1. The monoisotopic (exact) mass is 268 g/mol. The molecule has 0 N–H and O–H groups in total. The lowest BCUT2D eigenvalue weighted by Gasteiger charge is -2.23. The SMILES string of the molecule is COC(=O)C1=CC(CCc2cccc(B(C)C#N)n2)C1. The van der Waals surface area contributed by atoms with Gasteiger partial charge in [0.2, 0.25) is 0 Å². The zero-order chi connectivity index (χ0) is 14.5. The number of ether oxygens (including phenoxy) is 1. The molecule has 0 spiro atoms. The van der Waals surface area contributed by atoms with Crippen molar-refractivity contribution in [1.82, 2.24) is 4.98 Å². The van der Waals surface area contributed by atoms with Crippen LogP contribution < -0.4 is 5.59 Å². The minimum atomic E-state index is -0.218. The molecule has 1 aromatic rings. The highest BCUT2D eigenvalue weighted by molar-refractivity contribution is 6.78. The third kappa shape index (κ3) is 3.27. The number of aromatic nitrogens is 1. The molecule has 0 fully saturated rings. The van der Waals surface area contributed by atoms with Crippen molar-refractivity contribution in [2.75, 3.05) is 7.11 Å². The van der Waals surface area contributed by atoms with E-state index < -0.39 is 0 Å². The van der Waals surface area contributed by atoms with Gasteiger partial charge in [-0.3, -0.25) is 4.98 Å². The Morgan fingerprint density at radius 1 is 1.60 bits per heavy atom. The molecule has 20 heavy (non-hydrogen) atoms. The van der Waals surface area contributed by atoms with Crippen LogP contribution in [0.3, 0.4) is 0 Å². The molecule has 1 heterocycles. The summed E-state index contributed by atoms with van der Waals surface area (Å²) in [6, 6.07) is 5.81. The van der Waals surface area contributed by atoms with Gasteiger partial charge in [-0.25, -0.2) is 10.1 Å². The van der Waals surface area contributed by atoms with Crippen LogP contribution in [0.4, 0.5) is 0 Å². The number of allylic oxidation sites excluding steroid dienone is 1. The molecule has 1 aromatic heterocycles. The second-order valence-electron chi connectivity index (χ2n) is 5.09. The second kappa shape index (κ2) is 6.38. The summed E-state index contributed by atoms with van der Waals surface area (Å²) in [5.41, 5.74) is 2.60. The van der Waals surface area contributed by atoms with Crippen molar-refractivity contribution in [2.24, 2.45) is 5.92 Å². The molecule has 1 unspecified atom stereocenters. The van der Waals surface area contributed by atoms with Crippen molar-refractivity contribution in [2.45, 2.75) is 26.1 Å². The molecule has 4 nitrogen and oxygen atoms in total. The predicted octanol–water partition coefficient (Wildman–Crippen LogP) is 1.53. The smallest absolute Gasteiger partial charge is 0.333 e. The van der Waals surface area contributed by atoms with E-state index in [-0.39, 0.29) is 12.7 Å². The molecule has 0 radical (unpaired) electrons. The Labute approximate surface area is 119 Å². The van der Waals surface area contributed by atoms with Gasteiger partial charge in [0, 0.05) is 22.8 Å². The van der Waals surface area contributed by atoms with Crippen molar-refractivity contribution in [3.63, 3.8) is 0 Å². The zero-order valence-electron chi connectivity index (χ0n) is 11.8. The van der Waals surface area contributed by atoms with E-state index in [4.69, 9.17) is 5.26 Å². The Morgan fingerprint density at radius 2 is 2.35 bits per heavy atom. The highest BCUT2D eigenvalue weighted by Gasteiger charge is 2.24. The molecule has 1 aliphatic carbocycles. The molecule has 0 bridgehead atoms. The maximum absolute atomic E-state index is 11.2. The predicted molar refractivity (Wildman–Crippen MR) is 77.6 cm³/mol. The molecule has 1 atom stereocenters. The maximum Gasteiger partial charge on any atom is 0.333 e. The van der Waals surface area contributed by atoms with Crippen LogP contribution in [-0.4, -0.2) is 24.8 Å². The molecule has 102 valence electrons. The summed E-state index contributed by atoms with van der Waals surface area (Å²) in [6.07, 6.45) is 4.61. The van der Waals surface area contributed by atoms with E-state index >= 15 is 0 Å². The summed E-state index contributed by atoms with van der Waals surface area (Å²) in [5.74, 6) is 2.41. The fourth-order valence-corrected chi connectivity index (χ4v) is 2.28. The Kier molecular flexibility index (Phi) is 4.57. The van der Waals surface area contributed by atoms with Crippen LogP contribution >= 0.6 is 0 Å². The van der Waals surface area contributed by atoms with Crippen LogP contribution in [0.1, 0.15) is 18.5 Å². The molecule has 0 saturated carbocycles. The van der Waals surface area contributed by atoms with Crippen molar-refractivity contribution in [3.8, 4) is 5.97 Å². The first-order valence-corrected chi connectivity index (χ1v) is 6.78. The number of nitrogens with zero attached hydrogens (tertiary/aromatic N) is 2. The number of hydrogen-bond donors (Lipinski definition) is 0. The molecule has 5 heteroatoms. The summed E-state index contributed by atoms with van der Waals surface area (Å²) >= 11 is 0. The molecule has 0 saturated heterocycles. The molecule has 1 aliphatic rings. The van der Waals surface area contributed by atoms with E-state index in [0.29, 0.717) is 5.92 Å². The Balaban J connectivity index is 1.89. The number of rotatable bonds is 5. The lowest BCUT2D eigenvalue weighted by molar-refractivity contribution is -0.136. The standard InChI is InChI=1S/C15H17BN2O2/c1-16(10-17)14-5-3-4-13(18-14)7-6-11-8-12(9-11)15(19)20-2/h3-5,8,11H,6-7,9H2,1-2H3. The first kappa shape index (κ1) is 14.3. The maximum atomic E-state index is 11.2. The Bertz CT molecular complexity index is 577. The largest absolute Gasteiger partial charge is 0.466 e. The molecule has 2 rings (SSSR count). The summed E-state index contributed by atoms with van der Waals surface area (Å²) in [6.45, 7) is 1.67. The van der Waals surface area contributed by atoms with E-state index in [0.717, 1.165) is 36.1 Å². The molecule has 0 aliphatic heterocycles. The number of hydrogen-bond acceptors (Lipinski definition) is 4. The third-order valence-corrected chi connectivity index (χ3v) is 3.60. The van der Waals surface area contributed by atoms with E-state index in [1.165, 1.54) is 7.11 Å². The first-order valence-electron chi connectivity index (χ1n) is 6.78. The van der Waals surface area contributed by atoms with Gasteiger partial charge in [-0.15, -0.1) is 0 Å². The zero-order valence-corrected chi connectivity index (χ0v) is 11.8. The number of pyridine rings is 1. The van der Waals surface area contributed by atoms with Crippen molar-refractivity contribution < 1.29 is 9.53 Å². The molecule has 0 aromatic carbocycles. The van der Waals surface area contributed by atoms with Crippen LogP contribution in [0.2, 0.25) is 6.82 Å². The Morgan fingerprint density at radius 3 is 3.00 bits per heavy atom. The summed E-state index contributed by atoms with van der Waals surface area (Å²) in [7, 11) is 1.41. The average Bonchev–Trinajstić information content (AvgIpc) is 2.44. The van der Waals surface area contributed by atoms with Crippen molar-refractivity contribution in [3.05, 3.63) is 35.5 Å². The van der Waals surface area contributed by atoms with Gasteiger partial charge in [-0.1, -0.05) is 19.0 Å². The van der Waals surface area contributed by atoms with Gasteiger partial charge < -0.3 is 4.74 Å². The minimum Gasteiger partial charge on any atom is -0.466 e. The fourth-order valence-electron chi connectivity index (χ4n) is 2.28.